The second-order valence-corrected chi connectivity index (χ2v) is 5.15. The molecule has 0 radical (unpaired) electrons. The Labute approximate surface area is 127 Å². The van der Waals surface area contributed by atoms with Crippen LogP contribution < -0.4 is 0 Å². The van der Waals surface area contributed by atoms with Gasteiger partial charge in [-0.25, -0.2) is 4.98 Å². The summed E-state index contributed by atoms with van der Waals surface area (Å²) < 4.78 is 10.8. The van der Waals surface area contributed by atoms with Crippen LogP contribution in [0.15, 0.2) is 23.1 Å². The van der Waals surface area contributed by atoms with E-state index in [1.165, 1.54) is 12.4 Å². The van der Waals surface area contributed by atoms with Crippen molar-refractivity contribution in [2.45, 2.75) is 32.5 Å². The molecule has 3 rings (SSSR count). The van der Waals surface area contributed by atoms with Gasteiger partial charge in [0.2, 0.25) is 0 Å². The molecule has 1 atom stereocenters. The van der Waals surface area contributed by atoms with E-state index in [0.717, 1.165) is 12.8 Å². The highest BCUT2D eigenvalue weighted by molar-refractivity contribution is 5.92. The number of carbonyl (C=O) groups excluding carboxylic acids is 1. The number of nitrogens with zero attached hydrogens (tertiary/aromatic N) is 5. The lowest BCUT2D eigenvalue weighted by molar-refractivity contribution is -0.0155. The van der Waals surface area contributed by atoms with Gasteiger partial charge in [0.05, 0.1) is 12.3 Å². The number of aromatic nitrogens is 4. The number of likely N-dealkylation sites (tertiary alicyclic amines) is 1. The fourth-order valence-electron chi connectivity index (χ4n) is 2.42. The van der Waals surface area contributed by atoms with Gasteiger partial charge in [-0.1, -0.05) is 5.16 Å². The number of aryl methyl sites for hydroxylation is 1. The highest BCUT2D eigenvalue weighted by Gasteiger charge is 2.26. The summed E-state index contributed by atoms with van der Waals surface area (Å²) in [7, 11) is 0. The average molecular weight is 303 g/mol. The van der Waals surface area contributed by atoms with Gasteiger partial charge in [-0.15, -0.1) is 0 Å². The molecule has 2 aromatic heterocycles. The summed E-state index contributed by atoms with van der Waals surface area (Å²) in [4.78, 5) is 26.2. The van der Waals surface area contributed by atoms with E-state index in [-0.39, 0.29) is 18.6 Å². The molecule has 2 aromatic rings. The molecule has 1 saturated heterocycles. The molecule has 22 heavy (non-hydrogen) atoms. The predicted octanol–water partition coefficient (Wildman–Crippen LogP) is 0.989. The first-order valence-electron chi connectivity index (χ1n) is 7.18. The minimum Gasteiger partial charge on any atom is -0.367 e. The van der Waals surface area contributed by atoms with Crippen molar-refractivity contribution in [1.82, 2.24) is 25.0 Å². The third-order valence-electron chi connectivity index (χ3n) is 3.46. The van der Waals surface area contributed by atoms with Crippen molar-refractivity contribution in [2.24, 2.45) is 0 Å². The normalized spacial score (nSPS) is 18.4. The van der Waals surface area contributed by atoms with Crippen LogP contribution in [0.5, 0.6) is 0 Å². The van der Waals surface area contributed by atoms with Gasteiger partial charge in [0.15, 0.2) is 5.82 Å². The molecule has 0 unspecified atom stereocenters. The summed E-state index contributed by atoms with van der Waals surface area (Å²) in [5.41, 5.74) is 0.357. The van der Waals surface area contributed by atoms with E-state index in [9.17, 15) is 4.79 Å². The van der Waals surface area contributed by atoms with Crippen LogP contribution >= 0.6 is 0 Å². The van der Waals surface area contributed by atoms with E-state index in [4.69, 9.17) is 9.26 Å². The van der Waals surface area contributed by atoms with Crippen LogP contribution in [0.2, 0.25) is 0 Å². The highest BCUT2D eigenvalue weighted by Crippen LogP contribution is 2.16. The fourth-order valence-corrected chi connectivity index (χ4v) is 2.42. The SMILES string of the molecule is Cc1noc(CO[C@H]2CCCN(C(=O)c3cnccn3)C2)n1. The van der Waals surface area contributed by atoms with E-state index in [2.05, 4.69) is 20.1 Å². The van der Waals surface area contributed by atoms with Gasteiger partial charge >= 0.3 is 0 Å². The third-order valence-corrected chi connectivity index (χ3v) is 3.46. The van der Waals surface area contributed by atoms with E-state index < -0.39 is 0 Å². The quantitative estimate of drug-likeness (QED) is 0.831. The lowest BCUT2D eigenvalue weighted by atomic mass is 10.1. The maximum Gasteiger partial charge on any atom is 0.274 e. The lowest BCUT2D eigenvalue weighted by Crippen LogP contribution is -2.43. The van der Waals surface area contributed by atoms with Gasteiger partial charge in [0, 0.05) is 25.5 Å². The predicted molar refractivity (Wildman–Crippen MR) is 74.8 cm³/mol. The van der Waals surface area contributed by atoms with Crippen LogP contribution in [-0.4, -0.2) is 50.1 Å². The maximum atomic E-state index is 12.3. The molecule has 0 bridgehead atoms. The molecule has 0 saturated carbocycles. The van der Waals surface area contributed by atoms with Crippen molar-refractivity contribution in [3.05, 3.63) is 36.0 Å². The summed E-state index contributed by atoms with van der Waals surface area (Å²) in [6.45, 7) is 3.26. The van der Waals surface area contributed by atoms with Gasteiger partial charge < -0.3 is 14.2 Å². The van der Waals surface area contributed by atoms with E-state index in [1.807, 2.05) is 0 Å². The Morgan fingerprint density at radius 1 is 1.50 bits per heavy atom. The summed E-state index contributed by atoms with van der Waals surface area (Å²) in [6.07, 6.45) is 6.29. The minimum atomic E-state index is -0.116. The van der Waals surface area contributed by atoms with Crippen LogP contribution in [0.25, 0.3) is 0 Å². The molecule has 1 aliphatic heterocycles. The minimum absolute atomic E-state index is 0.0402. The van der Waals surface area contributed by atoms with Crippen LogP contribution in [-0.2, 0) is 11.3 Å². The summed E-state index contributed by atoms with van der Waals surface area (Å²) in [5, 5.41) is 3.72. The number of carbonyl (C=O) groups is 1. The molecule has 0 spiro atoms. The first-order valence-corrected chi connectivity index (χ1v) is 7.18. The molecule has 8 nitrogen and oxygen atoms in total. The van der Waals surface area contributed by atoms with Crippen LogP contribution in [0.4, 0.5) is 0 Å². The Morgan fingerprint density at radius 2 is 2.41 bits per heavy atom. The molecule has 1 amide bonds. The molecule has 0 N–H and O–H groups in total. The number of amides is 1. The van der Waals surface area contributed by atoms with E-state index >= 15 is 0 Å². The molecule has 3 heterocycles. The lowest BCUT2D eigenvalue weighted by Gasteiger charge is -2.32. The third kappa shape index (κ3) is 3.45. The Hall–Kier alpha value is -2.35. The van der Waals surface area contributed by atoms with Gasteiger partial charge in [0.1, 0.15) is 12.3 Å². The molecular formula is C14H17N5O3. The van der Waals surface area contributed by atoms with Gasteiger partial charge in [-0.2, -0.15) is 4.98 Å². The zero-order chi connectivity index (χ0) is 15.4. The molecule has 116 valence electrons. The van der Waals surface area contributed by atoms with Crippen LogP contribution in [0.3, 0.4) is 0 Å². The zero-order valence-electron chi connectivity index (χ0n) is 12.3. The molecule has 0 aromatic carbocycles. The second-order valence-electron chi connectivity index (χ2n) is 5.15. The number of ether oxygens (including phenoxy) is 1. The standard InChI is InChI=1S/C14H17N5O3/c1-10-17-13(22-18-10)9-21-11-3-2-6-19(8-11)14(20)12-7-15-4-5-16-12/h4-5,7,11H,2-3,6,8-9H2,1H3/t11-/m0/s1. The van der Waals surface area contributed by atoms with Crippen LogP contribution in [0.1, 0.15) is 35.0 Å². The maximum absolute atomic E-state index is 12.3. The van der Waals surface area contributed by atoms with Gasteiger partial charge in [0.25, 0.3) is 11.8 Å². The van der Waals surface area contributed by atoms with Crippen molar-refractivity contribution in [3.63, 3.8) is 0 Å². The zero-order valence-corrected chi connectivity index (χ0v) is 12.3. The Bertz CT molecular complexity index is 630. The summed E-state index contributed by atoms with van der Waals surface area (Å²) >= 11 is 0. The van der Waals surface area contributed by atoms with Crippen LogP contribution in [0, 0.1) is 6.92 Å². The number of hydrogen-bond donors (Lipinski definition) is 0. The molecule has 0 aliphatic carbocycles. The Balaban J connectivity index is 1.56. The molecular weight excluding hydrogens is 286 g/mol. The smallest absolute Gasteiger partial charge is 0.274 e. The summed E-state index contributed by atoms with van der Waals surface area (Å²) in [6, 6.07) is 0. The first kappa shape index (κ1) is 14.6. The second kappa shape index (κ2) is 6.61. The fraction of sp³-hybridized carbons (Fsp3) is 0.500. The van der Waals surface area contributed by atoms with Crippen molar-refractivity contribution in [2.75, 3.05) is 13.1 Å². The number of hydrogen-bond acceptors (Lipinski definition) is 7. The molecule has 1 fully saturated rings. The number of piperidine rings is 1. The highest BCUT2D eigenvalue weighted by atomic mass is 16.5. The van der Waals surface area contributed by atoms with Crippen molar-refractivity contribution >= 4 is 5.91 Å². The Kier molecular flexibility index (Phi) is 4.38. The van der Waals surface area contributed by atoms with Crippen molar-refractivity contribution in [3.8, 4) is 0 Å². The number of rotatable bonds is 4. The van der Waals surface area contributed by atoms with Gasteiger partial charge in [-0.05, 0) is 19.8 Å². The monoisotopic (exact) mass is 303 g/mol. The van der Waals surface area contributed by atoms with Crippen molar-refractivity contribution in [1.29, 1.82) is 0 Å². The summed E-state index contributed by atoms with van der Waals surface area (Å²) in [5.74, 6) is 0.923. The van der Waals surface area contributed by atoms with Gasteiger partial charge in [-0.3, -0.25) is 9.78 Å². The Morgan fingerprint density at radius 3 is 3.14 bits per heavy atom. The molecule has 8 heteroatoms. The molecule has 1 aliphatic rings. The van der Waals surface area contributed by atoms with E-state index in [1.54, 1.807) is 18.0 Å². The average Bonchev–Trinajstić information content (AvgIpc) is 2.99. The van der Waals surface area contributed by atoms with E-state index in [0.29, 0.717) is 30.5 Å². The topological polar surface area (TPSA) is 94.2 Å². The largest absolute Gasteiger partial charge is 0.367 e. The first-order chi connectivity index (χ1) is 10.7. The van der Waals surface area contributed by atoms with Crippen molar-refractivity contribution < 1.29 is 14.1 Å².